The monoisotopic (exact) mass is 625 g/mol. The van der Waals surface area contributed by atoms with Gasteiger partial charge in [-0.2, -0.15) is 0 Å². The largest absolute Gasteiger partial charge is 0.208 e. The lowest BCUT2D eigenvalue weighted by molar-refractivity contribution is 0.768. The van der Waals surface area contributed by atoms with Crippen LogP contribution in [0.4, 0.5) is 0 Å². The quantitative estimate of drug-likeness (QED) is 0.185. The molecule has 230 valence electrons. The lowest BCUT2D eigenvalue weighted by atomic mass is 9.67. The number of hydrogen-bond donors (Lipinski definition) is 0. The molecule has 0 atom stereocenters. The van der Waals surface area contributed by atoms with E-state index in [0.29, 0.717) is 17.5 Å². The summed E-state index contributed by atoms with van der Waals surface area (Å²) in [7, 11) is 0. The van der Waals surface area contributed by atoms with Gasteiger partial charge in [0.1, 0.15) is 0 Å². The maximum absolute atomic E-state index is 4.93. The average molecular weight is 626 g/mol. The van der Waals surface area contributed by atoms with Crippen molar-refractivity contribution in [2.75, 3.05) is 0 Å². The maximum Gasteiger partial charge on any atom is 0.164 e. The van der Waals surface area contributed by atoms with E-state index in [2.05, 4.69) is 127 Å². The van der Waals surface area contributed by atoms with Crippen molar-refractivity contribution in [1.29, 1.82) is 0 Å². The summed E-state index contributed by atoms with van der Waals surface area (Å²) in [6.07, 6.45) is 0. The summed E-state index contributed by atoms with van der Waals surface area (Å²) in [4.78, 5) is 14.7. The van der Waals surface area contributed by atoms with Gasteiger partial charge in [0.25, 0.3) is 0 Å². The molecule has 0 saturated heterocycles. The Morgan fingerprint density at radius 3 is 1.20 bits per heavy atom. The molecule has 0 amide bonds. The van der Waals surface area contributed by atoms with Crippen molar-refractivity contribution in [2.45, 2.75) is 5.41 Å². The molecule has 0 N–H and O–H groups in total. The first-order chi connectivity index (χ1) is 24.3. The lowest BCUT2D eigenvalue weighted by Crippen LogP contribution is -2.28. The first-order valence-electron chi connectivity index (χ1n) is 16.6. The summed E-state index contributed by atoms with van der Waals surface area (Å²) in [5.74, 6) is 1.97. The molecule has 0 saturated carbocycles. The van der Waals surface area contributed by atoms with Gasteiger partial charge in [-0.05, 0) is 50.6 Å². The number of benzene rings is 7. The Bertz CT molecular complexity index is 2310. The van der Waals surface area contributed by atoms with Crippen LogP contribution in [-0.2, 0) is 5.41 Å². The Hall–Kier alpha value is -6.45. The van der Waals surface area contributed by atoms with Crippen LogP contribution < -0.4 is 0 Å². The number of fused-ring (bicyclic) bond motifs is 3. The molecule has 0 aliphatic heterocycles. The third-order valence-corrected chi connectivity index (χ3v) is 9.63. The molecule has 3 nitrogen and oxygen atoms in total. The third-order valence-electron chi connectivity index (χ3n) is 9.63. The average Bonchev–Trinajstić information content (AvgIpc) is 3.49. The zero-order valence-electron chi connectivity index (χ0n) is 26.7. The zero-order valence-corrected chi connectivity index (χ0v) is 26.7. The zero-order chi connectivity index (χ0) is 32.6. The molecule has 9 rings (SSSR count). The summed E-state index contributed by atoms with van der Waals surface area (Å²) in [5.41, 5.74) is 12.5. The summed E-state index contributed by atoms with van der Waals surface area (Å²) in [6, 6.07) is 66.4. The van der Waals surface area contributed by atoms with Gasteiger partial charge in [-0.1, -0.05) is 182 Å². The fourth-order valence-corrected chi connectivity index (χ4v) is 7.38. The van der Waals surface area contributed by atoms with Gasteiger partial charge >= 0.3 is 0 Å². The highest BCUT2D eigenvalue weighted by molar-refractivity contribution is 5.89. The number of hydrogen-bond acceptors (Lipinski definition) is 3. The fraction of sp³-hybridized carbons (Fsp3) is 0.0217. The molecule has 8 aromatic rings. The summed E-state index contributed by atoms with van der Waals surface area (Å²) in [5, 5.41) is 0. The minimum atomic E-state index is -0.400. The van der Waals surface area contributed by atoms with Gasteiger partial charge in [0.15, 0.2) is 17.5 Å². The highest BCUT2D eigenvalue weighted by atomic mass is 15.0. The van der Waals surface area contributed by atoms with E-state index in [4.69, 9.17) is 15.0 Å². The van der Waals surface area contributed by atoms with Gasteiger partial charge in [0.05, 0.1) is 5.41 Å². The van der Waals surface area contributed by atoms with E-state index in [1.807, 2.05) is 60.7 Å². The molecule has 0 unspecified atom stereocenters. The van der Waals surface area contributed by atoms with Crippen LogP contribution in [0.25, 0.3) is 56.4 Å². The van der Waals surface area contributed by atoms with Crippen molar-refractivity contribution >= 4 is 0 Å². The Labute approximate surface area is 286 Å². The third kappa shape index (κ3) is 4.87. The minimum absolute atomic E-state index is 0.400. The summed E-state index contributed by atoms with van der Waals surface area (Å²) < 4.78 is 0. The molecule has 0 fully saturated rings. The predicted molar refractivity (Wildman–Crippen MR) is 199 cm³/mol. The van der Waals surface area contributed by atoms with E-state index in [0.717, 1.165) is 22.3 Å². The van der Waals surface area contributed by atoms with Gasteiger partial charge in [-0.3, -0.25) is 0 Å². The van der Waals surface area contributed by atoms with Gasteiger partial charge in [0, 0.05) is 16.7 Å². The topological polar surface area (TPSA) is 38.7 Å². The van der Waals surface area contributed by atoms with Crippen LogP contribution >= 0.6 is 0 Å². The number of nitrogens with zero attached hydrogens (tertiary/aromatic N) is 3. The second-order valence-corrected chi connectivity index (χ2v) is 12.4. The van der Waals surface area contributed by atoms with Crippen LogP contribution in [0.15, 0.2) is 188 Å². The van der Waals surface area contributed by atoms with Crippen LogP contribution in [0, 0.1) is 0 Å². The first-order valence-corrected chi connectivity index (χ1v) is 16.6. The van der Waals surface area contributed by atoms with Gasteiger partial charge in [-0.15, -0.1) is 0 Å². The van der Waals surface area contributed by atoms with Crippen LogP contribution in [0.2, 0.25) is 0 Å². The Balaban J connectivity index is 1.15. The maximum atomic E-state index is 4.93. The minimum Gasteiger partial charge on any atom is -0.208 e. The molecule has 1 aliphatic rings. The SMILES string of the molecule is c1ccc(-c2nc(-c3ccccc3)nc(-c3ccc(-c4ccc5c(c4)-c4ccccc4C5(c4ccccc4)c4ccccc4)cc3)n2)cc1. The van der Waals surface area contributed by atoms with Crippen LogP contribution in [0.3, 0.4) is 0 Å². The van der Waals surface area contributed by atoms with Gasteiger partial charge < -0.3 is 0 Å². The standard InChI is InChI=1S/C46H31N3/c1-5-15-33(16-6-1)43-47-44(34-17-7-2-8-18-34)49-45(48-43)35-27-25-32(26-28-35)36-29-30-42-40(31-36)39-23-13-14-24-41(39)46(42,37-19-9-3-10-20-37)38-21-11-4-12-22-38/h1-31H. The van der Waals surface area contributed by atoms with E-state index in [1.54, 1.807) is 0 Å². The highest BCUT2D eigenvalue weighted by Gasteiger charge is 2.45. The second kappa shape index (κ2) is 12.0. The normalized spacial score (nSPS) is 12.7. The Morgan fingerprint density at radius 1 is 0.286 bits per heavy atom. The molecular weight excluding hydrogens is 595 g/mol. The summed E-state index contributed by atoms with van der Waals surface area (Å²) in [6.45, 7) is 0. The molecule has 1 heterocycles. The highest BCUT2D eigenvalue weighted by Crippen LogP contribution is 2.56. The van der Waals surface area contributed by atoms with Crippen molar-refractivity contribution in [3.05, 3.63) is 210 Å². The first kappa shape index (κ1) is 28.7. The number of rotatable bonds is 6. The van der Waals surface area contributed by atoms with E-state index >= 15 is 0 Å². The molecule has 7 aromatic carbocycles. The van der Waals surface area contributed by atoms with Crippen molar-refractivity contribution in [3.8, 4) is 56.4 Å². The molecule has 0 spiro atoms. The molecule has 1 aliphatic carbocycles. The van der Waals surface area contributed by atoms with Crippen LogP contribution in [0.1, 0.15) is 22.3 Å². The van der Waals surface area contributed by atoms with Gasteiger partial charge in [0.2, 0.25) is 0 Å². The molecular formula is C46H31N3. The van der Waals surface area contributed by atoms with E-state index in [9.17, 15) is 0 Å². The lowest BCUT2D eigenvalue weighted by Gasteiger charge is -2.33. The predicted octanol–water partition coefficient (Wildman–Crippen LogP) is 10.9. The van der Waals surface area contributed by atoms with E-state index in [1.165, 1.54) is 38.9 Å². The smallest absolute Gasteiger partial charge is 0.164 e. The van der Waals surface area contributed by atoms with E-state index in [-0.39, 0.29) is 0 Å². The molecule has 3 heteroatoms. The van der Waals surface area contributed by atoms with Crippen molar-refractivity contribution in [1.82, 2.24) is 15.0 Å². The molecule has 0 bridgehead atoms. The Kier molecular flexibility index (Phi) is 7.02. The summed E-state index contributed by atoms with van der Waals surface area (Å²) >= 11 is 0. The van der Waals surface area contributed by atoms with Gasteiger partial charge in [-0.25, -0.2) is 15.0 Å². The second-order valence-electron chi connectivity index (χ2n) is 12.4. The van der Waals surface area contributed by atoms with Crippen molar-refractivity contribution < 1.29 is 0 Å². The van der Waals surface area contributed by atoms with Crippen molar-refractivity contribution in [2.24, 2.45) is 0 Å². The van der Waals surface area contributed by atoms with E-state index < -0.39 is 5.41 Å². The Morgan fingerprint density at radius 2 is 0.673 bits per heavy atom. The number of aromatic nitrogens is 3. The van der Waals surface area contributed by atoms with Crippen LogP contribution in [0.5, 0.6) is 0 Å². The van der Waals surface area contributed by atoms with Crippen molar-refractivity contribution in [3.63, 3.8) is 0 Å². The molecule has 0 radical (unpaired) electrons. The fourth-order valence-electron chi connectivity index (χ4n) is 7.38. The molecule has 1 aromatic heterocycles. The molecule has 49 heavy (non-hydrogen) atoms. The van der Waals surface area contributed by atoms with Crippen LogP contribution in [-0.4, -0.2) is 15.0 Å².